The van der Waals surface area contributed by atoms with Crippen molar-refractivity contribution >= 4 is 5.91 Å². The molecule has 1 fully saturated rings. The Morgan fingerprint density at radius 3 is 2.20 bits per heavy atom. The average Bonchev–Trinajstić information content (AvgIpc) is 2.35. The van der Waals surface area contributed by atoms with Gasteiger partial charge in [0.15, 0.2) is 0 Å². The van der Waals surface area contributed by atoms with Crippen LogP contribution in [0.2, 0.25) is 0 Å². The second-order valence-electron chi connectivity index (χ2n) is 6.77. The van der Waals surface area contributed by atoms with Crippen molar-refractivity contribution in [2.75, 3.05) is 39.3 Å². The summed E-state index contributed by atoms with van der Waals surface area (Å²) in [5, 5.41) is 0. The summed E-state index contributed by atoms with van der Waals surface area (Å²) in [6, 6.07) is 0. The summed E-state index contributed by atoms with van der Waals surface area (Å²) >= 11 is 0. The summed E-state index contributed by atoms with van der Waals surface area (Å²) in [6.45, 7) is 13.2. The maximum absolute atomic E-state index is 11.1. The second kappa shape index (κ2) is 7.96. The van der Waals surface area contributed by atoms with Crippen LogP contribution in [0.1, 0.15) is 40.0 Å². The first-order valence-corrected chi connectivity index (χ1v) is 7.85. The lowest BCUT2D eigenvalue weighted by Crippen LogP contribution is -2.49. The quantitative estimate of drug-likeness (QED) is 0.641. The van der Waals surface area contributed by atoms with Gasteiger partial charge in [-0.05, 0) is 38.6 Å². The summed E-state index contributed by atoms with van der Waals surface area (Å²) in [4.78, 5) is 16.2. The highest BCUT2D eigenvalue weighted by atomic mass is 16.1. The number of amides is 1. The topological polar surface area (TPSA) is 75.6 Å². The molecule has 1 rings (SSSR count). The van der Waals surface area contributed by atoms with Crippen molar-refractivity contribution in [2.24, 2.45) is 17.4 Å². The summed E-state index contributed by atoms with van der Waals surface area (Å²) in [6.07, 6.45) is 2.72. The molecule has 1 aliphatic heterocycles. The Bertz CT molecular complexity index is 296. The summed E-state index contributed by atoms with van der Waals surface area (Å²) in [5.41, 5.74) is 10.3. The number of primary amides is 1. The first-order chi connectivity index (χ1) is 9.31. The van der Waals surface area contributed by atoms with E-state index in [1.54, 1.807) is 6.92 Å². The Hall–Kier alpha value is -0.650. The average molecular weight is 284 g/mol. The lowest BCUT2D eigenvalue weighted by atomic mass is 9.95. The number of carbonyl (C=O) groups excluding carboxylic acids is 1. The number of nitrogens with two attached hydrogens (primary N) is 2. The zero-order valence-electron chi connectivity index (χ0n) is 13.4. The minimum absolute atomic E-state index is 0.403. The van der Waals surface area contributed by atoms with E-state index in [4.69, 9.17) is 11.5 Å². The Balaban J connectivity index is 2.11. The van der Waals surface area contributed by atoms with Crippen molar-refractivity contribution in [3.8, 4) is 0 Å². The van der Waals surface area contributed by atoms with Crippen molar-refractivity contribution in [1.82, 2.24) is 9.80 Å². The van der Waals surface area contributed by atoms with Crippen molar-refractivity contribution in [3.05, 3.63) is 0 Å². The van der Waals surface area contributed by atoms with Gasteiger partial charge in [0.1, 0.15) is 0 Å². The van der Waals surface area contributed by atoms with E-state index in [0.717, 1.165) is 38.4 Å². The molecule has 0 saturated carbocycles. The van der Waals surface area contributed by atoms with Crippen LogP contribution in [0, 0.1) is 5.92 Å². The van der Waals surface area contributed by atoms with Crippen LogP contribution in [0.15, 0.2) is 0 Å². The zero-order chi connectivity index (χ0) is 15.2. The van der Waals surface area contributed by atoms with Crippen LogP contribution in [0.4, 0.5) is 0 Å². The standard InChI is InChI=1S/C15H32N4O/c1-13(2)12-19-10-8-18(9-11-19)7-5-4-6-15(3,17)14(16)20/h13H,4-12,17H2,1-3H3,(H2,16,20). The van der Waals surface area contributed by atoms with Crippen LogP contribution in [-0.2, 0) is 4.79 Å². The van der Waals surface area contributed by atoms with Crippen molar-refractivity contribution in [2.45, 2.75) is 45.6 Å². The van der Waals surface area contributed by atoms with E-state index in [9.17, 15) is 4.79 Å². The van der Waals surface area contributed by atoms with Gasteiger partial charge in [0.05, 0.1) is 5.54 Å². The van der Waals surface area contributed by atoms with E-state index in [1.165, 1.54) is 19.6 Å². The molecule has 5 nitrogen and oxygen atoms in total. The predicted molar refractivity (Wildman–Crippen MR) is 83.4 cm³/mol. The van der Waals surface area contributed by atoms with Crippen LogP contribution in [-0.4, -0.2) is 60.5 Å². The fourth-order valence-electron chi connectivity index (χ4n) is 2.66. The van der Waals surface area contributed by atoms with Crippen LogP contribution in [0.5, 0.6) is 0 Å². The largest absolute Gasteiger partial charge is 0.368 e. The lowest BCUT2D eigenvalue weighted by molar-refractivity contribution is -0.122. The van der Waals surface area contributed by atoms with Gasteiger partial charge in [0, 0.05) is 32.7 Å². The van der Waals surface area contributed by atoms with Crippen molar-refractivity contribution < 1.29 is 4.79 Å². The molecule has 20 heavy (non-hydrogen) atoms. The SMILES string of the molecule is CC(C)CN1CCN(CCCCC(C)(N)C(N)=O)CC1. The van der Waals surface area contributed by atoms with Gasteiger partial charge in [-0.3, -0.25) is 4.79 Å². The highest BCUT2D eigenvalue weighted by molar-refractivity contribution is 5.83. The van der Waals surface area contributed by atoms with Gasteiger partial charge in [-0.1, -0.05) is 13.8 Å². The summed E-state index contributed by atoms with van der Waals surface area (Å²) < 4.78 is 0. The van der Waals surface area contributed by atoms with Crippen molar-refractivity contribution in [1.29, 1.82) is 0 Å². The van der Waals surface area contributed by atoms with Gasteiger partial charge in [-0.15, -0.1) is 0 Å². The minimum Gasteiger partial charge on any atom is -0.368 e. The van der Waals surface area contributed by atoms with E-state index in [-0.39, 0.29) is 0 Å². The molecule has 1 saturated heterocycles. The Morgan fingerprint density at radius 2 is 1.70 bits per heavy atom. The molecule has 4 N–H and O–H groups in total. The van der Waals surface area contributed by atoms with Crippen LogP contribution >= 0.6 is 0 Å². The molecule has 0 aromatic carbocycles. The molecule has 118 valence electrons. The van der Waals surface area contributed by atoms with Gasteiger partial charge in [0.2, 0.25) is 5.91 Å². The number of hydrogen-bond donors (Lipinski definition) is 2. The molecule has 0 spiro atoms. The van der Waals surface area contributed by atoms with Crippen LogP contribution < -0.4 is 11.5 Å². The molecule has 0 aliphatic carbocycles. The second-order valence-corrected chi connectivity index (χ2v) is 6.77. The molecule has 1 aliphatic rings. The molecule has 1 amide bonds. The summed E-state index contributed by atoms with van der Waals surface area (Å²) in [7, 11) is 0. The minimum atomic E-state index is -0.851. The van der Waals surface area contributed by atoms with Gasteiger partial charge in [0.25, 0.3) is 0 Å². The third-order valence-electron chi connectivity index (χ3n) is 4.07. The molecule has 1 unspecified atom stereocenters. The lowest BCUT2D eigenvalue weighted by Gasteiger charge is -2.35. The molecule has 1 heterocycles. The Kier molecular flexibility index (Phi) is 6.92. The van der Waals surface area contributed by atoms with Crippen LogP contribution in [0.3, 0.4) is 0 Å². The van der Waals surface area contributed by atoms with E-state index >= 15 is 0 Å². The van der Waals surface area contributed by atoms with Crippen molar-refractivity contribution in [3.63, 3.8) is 0 Å². The zero-order valence-corrected chi connectivity index (χ0v) is 13.4. The first kappa shape index (κ1) is 17.4. The number of carbonyl (C=O) groups is 1. The van der Waals surface area contributed by atoms with Gasteiger partial charge < -0.3 is 21.3 Å². The molecule has 1 atom stereocenters. The summed E-state index contributed by atoms with van der Waals surface area (Å²) in [5.74, 6) is 0.345. The molecule has 0 aromatic heterocycles. The first-order valence-electron chi connectivity index (χ1n) is 7.85. The maximum atomic E-state index is 11.1. The molecule has 0 aromatic rings. The van der Waals surface area contributed by atoms with Gasteiger partial charge >= 0.3 is 0 Å². The fraction of sp³-hybridized carbons (Fsp3) is 0.933. The van der Waals surface area contributed by atoms with E-state index in [0.29, 0.717) is 6.42 Å². The molecule has 0 bridgehead atoms. The van der Waals surface area contributed by atoms with E-state index in [2.05, 4.69) is 23.6 Å². The normalized spacial score (nSPS) is 21.1. The van der Waals surface area contributed by atoms with Gasteiger partial charge in [-0.2, -0.15) is 0 Å². The Labute approximate surface area is 123 Å². The smallest absolute Gasteiger partial charge is 0.237 e. The number of rotatable bonds is 8. The molecular weight excluding hydrogens is 252 g/mol. The molecule has 5 heteroatoms. The van der Waals surface area contributed by atoms with Gasteiger partial charge in [-0.25, -0.2) is 0 Å². The Morgan fingerprint density at radius 1 is 1.15 bits per heavy atom. The number of nitrogens with zero attached hydrogens (tertiary/aromatic N) is 2. The number of piperazine rings is 1. The fourth-order valence-corrected chi connectivity index (χ4v) is 2.66. The third kappa shape index (κ3) is 6.20. The van der Waals surface area contributed by atoms with E-state index < -0.39 is 11.4 Å². The number of unbranched alkanes of at least 4 members (excludes halogenated alkanes) is 1. The maximum Gasteiger partial charge on any atom is 0.237 e. The highest BCUT2D eigenvalue weighted by Crippen LogP contribution is 2.12. The molecular formula is C15H32N4O. The predicted octanol–water partition coefficient (Wildman–Crippen LogP) is 0.633. The third-order valence-corrected chi connectivity index (χ3v) is 4.07. The number of hydrogen-bond acceptors (Lipinski definition) is 4. The molecule has 0 radical (unpaired) electrons. The highest BCUT2D eigenvalue weighted by Gasteiger charge is 2.24. The van der Waals surface area contributed by atoms with E-state index in [1.807, 2.05) is 0 Å². The monoisotopic (exact) mass is 284 g/mol. The van der Waals surface area contributed by atoms with Crippen LogP contribution in [0.25, 0.3) is 0 Å².